The SMILES string of the molecule is CC(C)c1ccc(CNC(=O)c2ccc(F)cc2Cl)cc1. The number of carbonyl (C=O) groups is 1. The molecule has 0 unspecified atom stereocenters. The predicted octanol–water partition coefficient (Wildman–Crippen LogP) is 4.53. The Morgan fingerprint density at radius 3 is 2.43 bits per heavy atom. The van der Waals surface area contributed by atoms with Gasteiger partial charge >= 0.3 is 0 Å². The van der Waals surface area contributed by atoms with Gasteiger partial charge < -0.3 is 5.32 Å². The fraction of sp³-hybridized carbons (Fsp3) is 0.235. The maximum atomic E-state index is 12.9. The molecular formula is C17H17ClFNO. The van der Waals surface area contributed by atoms with Crippen LogP contribution in [0, 0.1) is 5.82 Å². The molecule has 0 saturated carbocycles. The van der Waals surface area contributed by atoms with Gasteiger partial charge in [-0.15, -0.1) is 0 Å². The Kier molecular flexibility index (Phi) is 4.97. The van der Waals surface area contributed by atoms with E-state index in [1.807, 2.05) is 12.1 Å². The first-order valence-corrected chi connectivity index (χ1v) is 7.17. The zero-order valence-electron chi connectivity index (χ0n) is 12.0. The maximum absolute atomic E-state index is 12.9. The van der Waals surface area contributed by atoms with Crippen LogP contribution in [-0.4, -0.2) is 5.91 Å². The molecule has 0 fully saturated rings. The molecule has 2 rings (SSSR count). The monoisotopic (exact) mass is 305 g/mol. The van der Waals surface area contributed by atoms with E-state index in [1.165, 1.54) is 17.7 Å². The van der Waals surface area contributed by atoms with Crippen LogP contribution < -0.4 is 5.32 Å². The van der Waals surface area contributed by atoms with Gasteiger partial charge in [-0.05, 0) is 35.2 Å². The van der Waals surface area contributed by atoms with Crippen molar-refractivity contribution in [3.8, 4) is 0 Å². The summed E-state index contributed by atoms with van der Waals surface area (Å²) in [5, 5.41) is 2.89. The molecule has 0 bridgehead atoms. The van der Waals surface area contributed by atoms with Crippen LogP contribution in [0.15, 0.2) is 42.5 Å². The molecule has 110 valence electrons. The van der Waals surface area contributed by atoms with Crippen LogP contribution in [0.1, 0.15) is 41.3 Å². The summed E-state index contributed by atoms with van der Waals surface area (Å²) < 4.78 is 12.9. The molecule has 21 heavy (non-hydrogen) atoms. The molecule has 0 radical (unpaired) electrons. The van der Waals surface area contributed by atoms with E-state index in [9.17, 15) is 9.18 Å². The molecule has 4 heteroatoms. The smallest absolute Gasteiger partial charge is 0.253 e. The van der Waals surface area contributed by atoms with Crippen molar-refractivity contribution in [1.82, 2.24) is 5.32 Å². The molecular weight excluding hydrogens is 289 g/mol. The molecule has 2 aromatic carbocycles. The average Bonchev–Trinajstić information content (AvgIpc) is 2.45. The number of hydrogen-bond acceptors (Lipinski definition) is 1. The molecule has 1 N–H and O–H groups in total. The number of nitrogens with one attached hydrogen (secondary N) is 1. The van der Waals surface area contributed by atoms with Crippen molar-refractivity contribution in [3.05, 3.63) is 70.0 Å². The second kappa shape index (κ2) is 6.72. The summed E-state index contributed by atoms with van der Waals surface area (Å²) in [6.07, 6.45) is 0. The molecule has 0 aromatic heterocycles. The van der Waals surface area contributed by atoms with E-state index < -0.39 is 5.82 Å². The summed E-state index contributed by atoms with van der Waals surface area (Å²) in [7, 11) is 0. The summed E-state index contributed by atoms with van der Waals surface area (Å²) in [6, 6.07) is 11.8. The molecule has 0 atom stereocenters. The number of carbonyl (C=O) groups excluding carboxylic acids is 1. The lowest BCUT2D eigenvalue weighted by Crippen LogP contribution is -2.23. The molecule has 0 aliphatic carbocycles. The van der Waals surface area contributed by atoms with Crippen molar-refractivity contribution in [3.63, 3.8) is 0 Å². The fourth-order valence-electron chi connectivity index (χ4n) is 1.97. The Labute approximate surface area is 128 Å². The van der Waals surface area contributed by atoms with Gasteiger partial charge in [-0.2, -0.15) is 0 Å². The fourth-order valence-corrected chi connectivity index (χ4v) is 2.22. The minimum absolute atomic E-state index is 0.114. The average molecular weight is 306 g/mol. The van der Waals surface area contributed by atoms with Gasteiger partial charge in [0.2, 0.25) is 0 Å². The van der Waals surface area contributed by atoms with Gasteiger partial charge in [-0.25, -0.2) is 4.39 Å². The minimum atomic E-state index is -0.458. The first-order chi connectivity index (χ1) is 9.97. The zero-order valence-corrected chi connectivity index (χ0v) is 12.7. The van der Waals surface area contributed by atoms with Gasteiger partial charge in [0.1, 0.15) is 5.82 Å². The maximum Gasteiger partial charge on any atom is 0.253 e. The Morgan fingerprint density at radius 2 is 1.86 bits per heavy atom. The minimum Gasteiger partial charge on any atom is -0.348 e. The Morgan fingerprint density at radius 1 is 1.19 bits per heavy atom. The van der Waals surface area contributed by atoms with Crippen LogP contribution >= 0.6 is 11.6 Å². The second-order valence-corrected chi connectivity index (χ2v) is 5.61. The first-order valence-electron chi connectivity index (χ1n) is 6.79. The molecule has 0 aliphatic rings. The van der Waals surface area contributed by atoms with E-state index >= 15 is 0 Å². The van der Waals surface area contributed by atoms with Gasteiger partial charge in [-0.1, -0.05) is 49.7 Å². The van der Waals surface area contributed by atoms with Gasteiger partial charge in [0.05, 0.1) is 10.6 Å². The van der Waals surface area contributed by atoms with Gasteiger partial charge in [0.15, 0.2) is 0 Å². The zero-order chi connectivity index (χ0) is 15.4. The highest BCUT2D eigenvalue weighted by molar-refractivity contribution is 6.33. The summed E-state index contributed by atoms with van der Waals surface area (Å²) in [5.41, 5.74) is 2.54. The summed E-state index contributed by atoms with van der Waals surface area (Å²) in [6.45, 7) is 4.67. The van der Waals surface area contributed by atoms with E-state index in [1.54, 1.807) is 0 Å². The van der Waals surface area contributed by atoms with E-state index in [0.29, 0.717) is 12.5 Å². The van der Waals surface area contributed by atoms with Gasteiger partial charge in [-0.3, -0.25) is 4.79 Å². The van der Waals surface area contributed by atoms with Crippen molar-refractivity contribution in [2.45, 2.75) is 26.3 Å². The topological polar surface area (TPSA) is 29.1 Å². The predicted molar refractivity (Wildman–Crippen MR) is 83.1 cm³/mol. The van der Waals surface area contributed by atoms with Crippen molar-refractivity contribution in [1.29, 1.82) is 0 Å². The Balaban J connectivity index is 2.00. The van der Waals surface area contributed by atoms with Crippen LogP contribution in [0.4, 0.5) is 4.39 Å². The first kappa shape index (κ1) is 15.5. The molecule has 0 spiro atoms. The molecule has 2 aromatic rings. The van der Waals surface area contributed by atoms with Crippen LogP contribution in [0.5, 0.6) is 0 Å². The highest BCUT2D eigenvalue weighted by Gasteiger charge is 2.10. The highest BCUT2D eigenvalue weighted by atomic mass is 35.5. The van der Waals surface area contributed by atoms with Crippen molar-refractivity contribution < 1.29 is 9.18 Å². The normalized spacial score (nSPS) is 10.7. The van der Waals surface area contributed by atoms with Crippen molar-refractivity contribution in [2.75, 3.05) is 0 Å². The van der Waals surface area contributed by atoms with Crippen LogP contribution in [0.2, 0.25) is 5.02 Å². The molecule has 0 aliphatic heterocycles. The Bertz CT molecular complexity index is 638. The number of halogens is 2. The third-order valence-electron chi connectivity index (χ3n) is 3.28. The quantitative estimate of drug-likeness (QED) is 0.883. The summed E-state index contributed by atoms with van der Waals surface area (Å²) in [4.78, 5) is 12.0. The van der Waals surface area contributed by atoms with E-state index in [0.717, 1.165) is 11.6 Å². The standard InChI is InChI=1S/C17H17ClFNO/c1-11(2)13-5-3-12(4-6-13)10-20-17(21)15-8-7-14(19)9-16(15)18/h3-9,11H,10H2,1-2H3,(H,20,21). The molecule has 1 amide bonds. The number of hydrogen-bond donors (Lipinski definition) is 1. The summed E-state index contributed by atoms with van der Waals surface area (Å²) in [5.74, 6) is -0.291. The van der Waals surface area contributed by atoms with E-state index in [2.05, 4.69) is 31.3 Å². The van der Waals surface area contributed by atoms with E-state index in [4.69, 9.17) is 11.6 Å². The van der Waals surface area contributed by atoms with E-state index in [-0.39, 0.29) is 16.5 Å². The largest absolute Gasteiger partial charge is 0.348 e. The van der Waals surface area contributed by atoms with Crippen molar-refractivity contribution >= 4 is 17.5 Å². The highest BCUT2D eigenvalue weighted by Crippen LogP contribution is 2.18. The van der Waals surface area contributed by atoms with Crippen LogP contribution in [0.3, 0.4) is 0 Å². The number of benzene rings is 2. The summed E-state index contributed by atoms with van der Waals surface area (Å²) >= 11 is 5.86. The van der Waals surface area contributed by atoms with Crippen LogP contribution in [-0.2, 0) is 6.54 Å². The Hall–Kier alpha value is -1.87. The third-order valence-corrected chi connectivity index (χ3v) is 3.59. The molecule has 0 heterocycles. The molecule has 2 nitrogen and oxygen atoms in total. The second-order valence-electron chi connectivity index (χ2n) is 5.20. The number of rotatable bonds is 4. The van der Waals surface area contributed by atoms with Gasteiger partial charge in [0, 0.05) is 6.54 Å². The lowest BCUT2D eigenvalue weighted by Gasteiger charge is -2.09. The van der Waals surface area contributed by atoms with Crippen molar-refractivity contribution in [2.24, 2.45) is 0 Å². The van der Waals surface area contributed by atoms with Gasteiger partial charge in [0.25, 0.3) is 5.91 Å². The lowest BCUT2D eigenvalue weighted by atomic mass is 10.0. The lowest BCUT2D eigenvalue weighted by molar-refractivity contribution is 0.0951. The molecule has 0 saturated heterocycles. The van der Waals surface area contributed by atoms with Crippen LogP contribution in [0.25, 0.3) is 0 Å². The third kappa shape index (κ3) is 4.05. The number of amides is 1.